The van der Waals surface area contributed by atoms with Crippen LogP contribution in [0, 0.1) is 11.8 Å². The van der Waals surface area contributed by atoms with Gasteiger partial charge in [0.05, 0.1) is 6.54 Å². The summed E-state index contributed by atoms with van der Waals surface area (Å²) in [4.78, 5) is 33.9. The number of rotatable bonds is 6. The summed E-state index contributed by atoms with van der Waals surface area (Å²) in [6.45, 7) is 3.72. The first kappa shape index (κ1) is 21.0. The molecule has 1 aromatic carbocycles. The van der Waals surface area contributed by atoms with Crippen molar-refractivity contribution in [1.29, 1.82) is 0 Å². The van der Waals surface area contributed by atoms with E-state index in [0.717, 1.165) is 51.7 Å². The van der Waals surface area contributed by atoms with Crippen molar-refractivity contribution in [3.63, 3.8) is 0 Å². The zero-order chi connectivity index (χ0) is 20.8. The number of hydrogen-bond acceptors (Lipinski definition) is 5. The smallest absolute Gasteiger partial charge is 0.240 e. The van der Waals surface area contributed by atoms with Gasteiger partial charge in [0.15, 0.2) is 5.13 Å². The fourth-order valence-corrected chi connectivity index (χ4v) is 5.24. The normalized spacial score (nSPS) is 21.4. The molecule has 0 bridgehead atoms. The molecule has 0 aliphatic carbocycles. The number of hydrogen-bond donors (Lipinski definition) is 1. The lowest BCUT2D eigenvalue weighted by atomic mass is 9.81. The molecule has 0 spiro atoms. The molecule has 2 fully saturated rings. The quantitative estimate of drug-likeness (QED) is 0.766. The number of anilines is 1. The maximum absolute atomic E-state index is 13.3. The number of nitrogens with zero attached hydrogens (tertiary/aromatic N) is 3. The molecule has 0 unspecified atom stereocenters. The number of benzene rings is 1. The van der Waals surface area contributed by atoms with Gasteiger partial charge in [0.25, 0.3) is 0 Å². The van der Waals surface area contributed by atoms with Crippen LogP contribution in [0.25, 0.3) is 0 Å². The van der Waals surface area contributed by atoms with Gasteiger partial charge in [0.1, 0.15) is 0 Å². The molecule has 2 aromatic rings. The number of amides is 2. The SMILES string of the molecule is O=C(CN1CCC([C@H]2CCCCN(Cc3ccccc3)C2=O)CC1)Nc1nccs1. The summed E-state index contributed by atoms with van der Waals surface area (Å²) in [5.41, 5.74) is 1.20. The van der Waals surface area contributed by atoms with Crippen LogP contribution < -0.4 is 5.32 Å². The van der Waals surface area contributed by atoms with Gasteiger partial charge in [0, 0.05) is 30.6 Å². The molecule has 4 rings (SSSR count). The number of likely N-dealkylation sites (tertiary alicyclic amines) is 2. The Morgan fingerprint density at radius 1 is 1.10 bits per heavy atom. The third-order valence-electron chi connectivity index (χ3n) is 6.29. The third kappa shape index (κ3) is 5.46. The van der Waals surface area contributed by atoms with Crippen LogP contribution in [0.4, 0.5) is 5.13 Å². The second kappa shape index (κ2) is 10.2. The molecule has 160 valence electrons. The van der Waals surface area contributed by atoms with Crippen LogP contribution in [0.2, 0.25) is 0 Å². The Bertz CT molecular complexity index is 819. The van der Waals surface area contributed by atoms with Crippen molar-refractivity contribution in [2.45, 2.75) is 38.6 Å². The van der Waals surface area contributed by atoms with E-state index in [4.69, 9.17) is 0 Å². The first-order valence-corrected chi connectivity index (χ1v) is 11.8. The van der Waals surface area contributed by atoms with Gasteiger partial charge in [-0.05, 0) is 50.3 Å². The number of thiazole rings is 1. The van der Waals surface area contributed by atoms with Crippen molar-refractivity contribution in [2.75, 3.05) is 31.5 Å². The average molecular weight is 427 g/mol. The van der Waals surface area contributed by atoms with Gasteiger partial charge in [-0.25, -0.2) is 4.98 Å². The van der Waals surface area contributed by atoms with Crippen molar-refractivity contribution in [3.05, 3.63) is 47.5 Å². The van der Waals surface area contributed by atoms with Crippen LogP contribution in [0.15, 0.2) is 41.9 Å². The maximum Gasteiger partial charge on any atom is 0.240 e. The summed E-state index contributed by atoms with van der Waals surface area (Å²) < 4.78 is 0. The lowest BCUT2D eigenvalue weighted by molar-refractivity contribution is -0.138. The highest BCUT2D eigenvalue weighted by Gasteiger charge is 2.35. The van der Waals surface area contributed by atoms with Gasteiger partial charge >= 0.3 is 0 Å². The Hall–Kier alpha value is -2.25. The van der Waals surface area contributed by atoms with Crippen LogP contribution in [-0.2, 0) is 16.1 Å². The molecule has 7 heteroatoms. The summed E-state index contributed by atoms with van der Waals surface area (Å²) in [6, 6.07) is 10.3. The van der Waals surface area contributed by atoms with Gasteiger partial charge < -0.3 is 10.2 Å². The number of aromatic nitrogens is 1. The van der Waals surface area contributed by atoms with E-state index in [9.17, 15) is 9.59 Å². The van der Waals surface area contributed by atoms with E-state index < -0.39 is 0 Å². The van der Waals surface area contributed by atoms with Crippen molar-refractivity contribution in [2.24, 2.45) is 11.8 Å². The molecular formula is C23H30N4O2S. The molecule has 0 saturated carbocycles. The van der Waals surface area contributed by atoms with E-state index in [1.54, 1.807) is 6.20 Å². The van der Waals surface area contributed by atoms with E-state index in [0.29, 0.717) is 30.0 Å². The van der Waals surface area contributed by atoms with Crippen LogP contribution in [0.5, 0.6) is 0 Å². The molecule has 3 heterocycles. The zero-order valence-electron chi connectivity index (χ0n) is 17.3. The van der Waals surface area contributed by atoms with Crippen molar-refractivity contribution < 1.29 is 9.59 Å². The first-order valence-electron chi connectivity index (χ1n) is 10.9. The van der Waals surface area contributed by atoms with Crippen LogP contribution in [0.3, 0.4) is 0 Å². The largest absolute Gasteiger partial charge is 0.338 e. The summed E-state index contributed by atoms with van der Waals surface area (Å²) in [5, 5.41) is 5.36. The third-order valence-corrected chi connectivity index (χ3v) is 6.97. The standard InChI is InChI=1S/C23H30N4O2S/c28-21(25-23-24-11-15-30-23)17-26-13-9-19(10-14-26)20-8-4-5-12-27(22(20)29)16-18-6-2-1-3-7-18/h1-3,6-7,11,15,19-20H,4-5,8-10,12-14,16-17H2,(H,24,25,28)/t20-/m1/s1. The van der Waals surface area contributed by atoms with Crippen LogP contribution >= 0.6 is 11.3 Å². The second-order valence-corrected chi connectivity index (χ2v) is 9.24. The van der Waals surface area contributed by atoms with Gasteiger partial charge in [0.2, 0.25) is 11.8 Å². The van der Waals surface area contributed by atoms with Gasteiger partial charge in [-0.1, -0.05) is 36.8 Å². The molecule has 2 amide bonds. The van der Waals surface area contributed by atoms with Crippen molar-refractivity contribution >= 4 is 28.3 Å². The topological polar surface area (TPSA) is 65.5 Å². The number of nitrogens with one attached hydrogen (secondary N) is 1. The molecule has 1 aromatic heterocycles. The first-order chi connectivity index (χ1) is 14.7. The molecule has 2 aliphatic rings. The number of piperidine rings is 1. The number of carbonyl (C=O) groups excluding carboxylic acids is 2. The fraction of sp³-hybridized carbons (Fsp3) is 0.522. The lowest BCUT2D eigenvalue weighted by Crippen LogP contribution is -2.44. The second-order valence-electron chi connectivity index (χ2n) is 8.35. The minimum atomic E-state index is -0.0111. The molecule has 1 atom stereocenters. The van der Waals surface area contributed by atoms with Crippen molar-refractivity contribution in [1.82, 2.24) is 14.8 Å². The Kier molecular flexibility index (Phi) is 7.12. The van der Waals surface area contributed by atoms with E-state index in [-0.39, 0.29) is 11.8 Å². The molecular weight excluding hydrogens is 396 g/mol. The summed E-state index contributed by atoms with van der Waals surface area (Å²) in [6.07, 6.45) is 6.87. The van der Waals surface area contributed by atoms with Crippen LogP contribution in [0.1, 0.15) is 37.7 Å². The molecule has 2 saturated heterocycles. The average Bonchev–Trinajstić information content (AvgIpc) is 3.20. The predicted octanol–water partition coefficient (Wildman–Crippen LogP) is 3.62. The Morgan fingerprint density at radius 2 is 1.90 bits per heavy atom. The van der Waals surface area contributed by atoms with Crippen LogP contribution in [-0.4, -0.2) is 52.8 Å². The van der Waals surface area contributed by atoms with Gasteiger partial charge in [-0.15, -0.1) is 11.3 Å². The molecule has 6 nitrogen and oxygen atoms in total. The highest BCUT2D eigenvalue weighted by Crippen LogP contribution is 2.32. The van der Waals surface area contributed by atoms with E-state index in [1.165, 1.54) is 16.9 Å². The fourth-order valence-electron chi connectivity index (χ4n) is 4.69. The lowest BCUT2D eigenvalue weighted by Gasteiger charge is -2.36. The van der Waals surface area contributed by atoms with Gasteiger partial charge in [-0.2, -0.15) is 0 Å². The highest BCUT2D eigenvalue weighted by molar-refractivity contribution is 7.13. The molecule has 30 heavy (non-hydrogen) atoms. The predicted molar refractivity (Wildman–Crippen MR) is 119 cm³/mol. The Labute approximate surface area is 182 Å². The Morgan fingerprint density at radius 3 is 2.63 bits per heavy atom. The molecule has 0 radical (unpaired) electrons. The minimum Gasteiger partial charge on any atom is -0.338 e. The summed E-state index contributed by atoms with van der Waals surface area (Å²) in [7, 11) is 0. The Balaban J connectivity index is 1.29. The summed E-state index contributed by atoms with van der Waals surface area (Å²) in [5.74, 6) is 0.869. The van der Waals surface area contributed by atoms with E-state index in [2.05, 4.69) is 32.2 Å². The minimum absolute atomic E-state index is 0.0111. The molecule has 2 aliphatic heterocycles. The number of carbonyl (C=O) groups is 2. The van der Waals surface area contributed by atoms with E-state index >= 15 is 0 Å². The maximum atomic E-state index is 13.3. The summed E-state index contributed by atoms with van der Waals surface area (Å²) >= 11 is 1.43. The van der Waals surface area contributed by atoms with Crippen molar-refractivity contribution in [3.8, 4) is 0 Å². The highest BCUT2D eigenvalue weighted by atomic mass is 32.1. The van der Waals surface area contributed by atoms with Gasteiger partial charge in [-0.3, -0.25) is 14.5 Å². The monoisotopic (exact) mass is 426 g/mol. The zero-order valence-corrected chi connectivity index (χ0v) is 18.2. The van der Waals surface area contributed by atoms with E-state index in [1.807, 2.05) is 23.6 Å². The molecule has 1 N–H and O–H groups in total.